The lowest BCUT2D eigenvalue weighted by Gasteiger charge is -2.58. The summed E-state index contributed by atoms with van der Waals surface area (Å²) in [6, 6.07) is 4.77. The van der Waals surface area contributed by atoms with Crippen LogP contribution < -0.4 is 5.32 Å². The minimum Gasteiger partial charge on any atom is -0.394 e. The second-order valence-electron chi connectivity index (χ2n) is 8.89. The van der Waals surface area contributed by atoms with E-state index in [0.717, 1.165) is 6.07 Å². The summed E-state index contributed by atoms with van der Waals surface area (Å²) in [6.45, 7) is -0.0995. The van der Waals surface area contributed by atoms with Gasteiger partial charge in [0.1, 0.15) is 0 Å². The van der Waals surface area contributed by atoms with Crippen molar-refractivity contribution in [3.63, 3.8) is 0 Å². The van der Waals surface area contributed by atoms with Crippen LogP contribution in [0.15, 0.2) is 35.2 Å². The lowest BCUT2D eigenvalue weighted by Crippen LogP contribution is -2.64. The summed E-state index contributed by atoms with van der Waals surface area (Å²) in [5, 5.41) is 21.0. The molecule has 3 saturated carbocycles. The smallest absolute Gasteiger partial charge is 0.255 e. The van der Waals surface area contributed by atoms with Crippen molar-refractivity contribution >= 4 is 33.0 Å². The van der Waals surface area contributed by atoms with E-state index in [0.29, 0.717) is 18.6 Å². The van der Waals surface area contributed by atoms with Gasteiger partial charge >= 0.3 is 0 Å². The molecule has 2 aromatic carbocycles. The van der Waals surface area contributed by atoms with E-state index < -0.39 is 44.0 Å². The first-order chi connectivity index (χ1) is 16.5. The third-order valence-corrected chi connectivity index (χ3v) is 9.48. The number of hydrogen-bond acceptors (Lipinski definition) is 6. The van der Waals surface area contributed by atoms with E-state index in [1.54, 1.807) is 0 Å². The van der Waals surface area contributed by atoms with E-state index in [-0.39, 0.29) is 65.7 Å². The average molecular weight is 534 g/mol. The van der Waals surface area contributed by atoms with Gasteiger partial charge < -0.3 is 20.3 Å². The number of aliphatic hydroxyl groups is 2. The molecule has 0 spiro atoms. The number of carbonyl (C=O) groups excluding carboxylic acids is 1. The van der Waals surface area contributed by atoms with Gasteiger partial charge in [-0.1, -0.05) is 11.6 Å². The Bertz CT molecular complexity index is 1220. The lowest BCUT2D eigenvalue weighted by atomic mass is 9.54. The first kappa shape index (κ1) is 25.9. The molecule has 0 aliphatic heterocycles. The Morgan fingerprint density at radius 2 is 1.74 bits per heavy atom. The molecule has 0 saturated heterocycles. The summed E-state index contributed by atoms with van der Waals surface area (Å²) in [5.74, 6) is -6.12. The second-order valence-corrected chi connectivity index (χ2v) is 11.5. The number of amides is 1. The van der Waals surface area contributed by atoms with Crippen LogP contribution in [0.1, 0.15) is 29.6 Å². The molecule has 2 unspecified atom stereocenters. The van der Waals surface area contributed by atoms with Gasteiger partial charge in [0.25, 0.3) is 5.91 Å². The minimum atomic E-state index is -3.99. The quantitative estimate of drug-likeness (QED) is 0.354. The number of aliphatic hydroxyl groups excluding tert-OH is 1. The fraction of sp³-hybridized carbons (Fsp3) is 0.435. The van der Waals surface area contributed by atoms with E-state index >= 15 is 0 Å². The number of carbonyl (C=O) groups is 1. The van der Waals surface area contributed by atoms with Gasteiger partial charge in [0, 0.05) is 23.4 Å². The maximum absolute atomic E-state index is 13.4. The Morgan fingerprint density at radius 1 is 1.11 bits per heavy atom. The van der Waals surface area contributed by atoms with Crippen LogP contribution >= 0.6 is 11.6 Å². The standard InChI is InChI=1S/C23H23ClF3NO6S/c24-17-2-1-12(22(30)28-15-9-18(25)21(27)19(26)10-15)5-20(17)35(32,33)16-7-13-6-14(8-16)23(13,31)11-34-4-3-29/h1-2,5,9-10,13-14,16,29,31H,3-4,6-8,11H2,(H,28,30). The van der Waals surface area contributed by atoms with Gasteiger partial charge in [-0.2, -0.15) is 0 Å². The number of ether oxygens (including phenoxy) is 1. The molecule has 12 heteroatoms. The third kappa shape index (κ3) is 4.79. The van der Waals surface area contributed by atoms with Crippen molar-refractivity contribution in [2.45, 2.75) is 35.0 Å². The molecular weight excluding hydrogens is 511 g/mol. The van der Waals surface area contributed by atoms with Crippen LogP contribution in [0, 0.1) is 29.3 Å². The number of hydrogen-bond donors (Lipinski definition) is 3. The molecule has 0 aromatic heterocycles. The van der Waals surface area contributed by atoms with E-state index in [9.17, 15) is 31.5 Å². The van der Waals surface area contributed by atoms with E-state index in [1.807, 2.05) is 0 Å². The molecule has 3 aliphatic rings. The van der Waals surface area contributed by atoms with Crippen molar-refractivity contribution in [3.05, 3.63) is 58.4 Å². The summed E-state index contributed by atoms with van der Waals surface area (Å²) >= 11 is 6.17. The number of benzene rings is 2. The van der Waals surface area contributed by atoms with Gasteiger partial charge in [0.2, 0.25) is 0 Å². The molecule has 5 rings (SSSR count). The minimum absolute atomic E-state index is 0.0106. The van der Waals surface area contributed by atoms with Gasteiger partial charge in [-0.05, 0) is 49.3 Å². The highest BCUT2D eigenvalue weighted by molar-refractivity contribution is 7.92. The third-order valence-electron chi connectivity index (χ3n) is 6.83. The Kier molecular flexibility index (Phi) is 7.18. The van der Waals surface area contributed by atoms with Gasteiger partial charge in [0.15, 0.2) is 27.3 Å². The zero-order chi connectivity index (χ0) is 25.5. The Morgan fingerprint density at radius 3 is 2.34 bits per heavy atom. The number of anilines is 1. The maximum atomic E-state index is 13.4. The zero-order valence-corrected chi connectivity index (χ0v) is 19.9. The molecule has 1 amide bonds. The van der Waals surface area contributed by atoms with Crippen molar-refractivity contribution < 1.29 is 41.3 Å². The first-order valence-corrected chi connectivity index (χ1v) is 12.8. The number of sulfone groups is 1. The van der Waals surface area contributed by atoms with Crippen LogP contribution in [0.4, 0.5) is 18.9 Å². The van der Waals surface area contributed by atoms with Gasteiger partial charge in [0.05, 0.1) is 40.6 Å². The van der Waals surface area contributed by atoms with E-state index in [1.165, 1.54) is 12.1 Å². The Hall–Kier alpha value is -2.18. The van der Waals surface area contributed by atoms with Crippen LogP contribution in [0.3, 0.4) is 0 Å². The highest BCUT2D eigenvalue weighted by Gasteiger charge is 2.60. The molecular formula is C23H23ClF3NO6S. The Labute approximate surface area is 204 Å². The molecule has 3 aliphatic carbocycles. The Balaban J connectivity index is 1.52. The van der Waals surface area contributed by atoms with Crippen LogP contribution in [-0.4, -0.2) is 55.2 Å². The van der Waals surface area contributed by atoms with Gasteiger partial charge in [-0.3, -0.25) is 4.79 Å². The average Bonchev–Trinajstić information content (AvgIpc) is 2.82. The summed E-state index contributed by atoms with van der Waals surface area (Å²) in [4.78, 5) is 12.3. The molecule has 190 valence electrons. The normalized spacial score (nSPS) is 25.7. The fourth-order valence-electron chi connectivity index (χ4n) is 4.92. The van der Waals surface area contributed by atoms with Crippen molar-refractivity contribution in [1.29, 1.82) is 0 Å². The molecule has 7 nitrogen and oxygen atoms in total. The van der Waals surface area contributed by atoms with Crippen LogP contribution in [-0.2, 0) is 14.6 Å². The second kappa shape index (κ2) is 9.70. The van der Waals surface area contributed by atoms with Crippen LogP contribution in [0.5, 0.6) is 0 Å². The molecule has 3 N–H and O–H groups in total. The molecule has 2 bridgehead atoms. The first-order valence-electron chi connectivity index (χ1n) is 10.9. The van der Waals surface area contributed by atoms with Gasteiger partial charge in [-0.25, -0.2) is 21.6 Å². The topological polar surface area (TPSA) is 113 Å². The SMILES string of the molecule is O=C(Nc1cc(F)c(F)c(F)c1)c1ccc(Cl)c(S(=O)(=O)C2CC3CC(C2)C3(O)COCCO)c1. The zero-order valence-electron chi connectivity index (χ0n) is 18.3. The molecule has 3 fully saturated rings. The molecule has 2 atom stereocenters. The molecule has 2 aromatic rings. The van der Waals surface area contributed by atoms with Gasteiger partial charge in [-0.15, -0.1) is 0 Å². The number of fused-ring (bicyclic) bond motifs is 2. The summed E-state index contributed by atoms with van der Waals surface area (Å²) in [7, 11) is -3.99. The summed E-state index contributed by atoms with van der Waals surface area (Å²) in [6.07, 6.45) is 1.02. The van der Waals surface area contributed by atoms with E-state index in [2.05, 4.69) is 5.32 Å². The van der Waals surface area contributed by atoms with Crippen molar-refractivity contribution in [1.82, 2.24) is 0 Å². The summed E-state index contributed by atoms with van der Waals surface area (Å²) < 4.78 is 72.1. The van der Waals surface area contributed by atoms with Crippen LogP contribution in [0.2, 0.25) is 5.02 Å². The highest BCUT2D eigenvalue weighted by Crippen LogP contribution is 2.55. The molecule has 0 radical (unpaired) electrons. The maximum Gasteiger partial charge on any atom is 0.255 e. The number of nitrogens with one attached hydrogen (secondary N) is 1. The van der Waals surface area contributed by atoms with Crippen LogP contribution in [0.25, 0.3) is 0 Å². The molecule has 35 heavy (non-hydrogen) atoms. The fourth-order valence-corrected chi connectivity index (χ4v) is 7.32. The molecule has 0 heterocycles. The largest absolute Gasteiger partial charge is 0.394 e. The predicted molar refractivity (Wildman–Crippen MR) is 120 cm³/mol. The lowest BCUT2D eigenvalue weighted by molar-refractivity contribution is -0.207. The van der Waals surface area contributed by atoms with Crippen molar-refractivity contribution in [2.75, 3.05) is 25.1 Å². The predicted octanol–water partition coefficient (Wildman–Crippen LogP) is 3.32. The monoisotopic (exact) mass is 533 g/mol. The number of rotatable bonds is 8. The van der Waals surface area contributed by atoms with Crippen molar-refractivity contribution in [3.8, 4) is 0 Å². The van der Waals surface area contributed by atoms with Crippen molar-refractivity contribution in [2.24, 2.45) is 11.8 Å². The summed E-state index contributed by atoms with van der Waals surface area (Å²) in [5.41, 5.74) is -1.62. The highest BCUT2D eigenvalue weighted by atomic mass is 35.5. The van der Waals surface area contributed by atoms with E-state index in [4.69, 9.17) is 21.4 Å². The number of halogens is 4.